The highest BCUT2D eigenvalue weighted by atomic mass is 16.1. The number of hydrogen-bond acceptors (Lipinski definition) is 3. The second-order valence-corrected chi connectivity index (χ2v) is 5.33. The number of carbonyl (C=O) groups is 1. The van der Waals surface area contributed by atoms with E-state index in [0.717, 1.165) is 17.8 Å². The first-order valence-corrected chi connectivity index (χ1v) is 7.92. The molecule has 0 spiro atoms. The molecule has 0 unspecified atom stereocenters. The van der Waals surface area contributed by atoms with E-state index in [9.17, 15) is 4.79 Å². The minimum atomic E-state index is -0.119. The number of nitrogens with one attached hydrogen (secondary N) is 3. The smallest absolute Gasteiger partial charge is 0.243 e. The highest BCUT2D eigenvalue weighted by Crippen LogP contribution is 2.10. The fraction of sp³-hybridized carbons (Fsp3) is 0.353. The van der Waals surface area contributed by atoms with Crippen molar-refractivity contribution < 1.29 is 4.79 Å². The highest BCUT2D eigenvalue weighted by Gasteiger charge is 2.06. The van der Waals surface area contributed by atoms with Crippen molar-refractivity contribution in [3.05, 3.63) is 47.8 Å². The van der Waals surface area contributed by atoms with Crippen LogP contribution in [-0.4, -0.2) is 35.2 Å². The van der Waals surface area contributed by atoms with Gasteiger partial charge in [0.05, 0.1) is 18.8 Å². The SMILES string of the molecule is CCc1cccc(NC(=O)CNC(=NC)NCc2ccnn2C)c1. The summed E-state index contributed by atoms with van der Waals surface area (Å²) in [6, 6.07) is 9.77. The fourth-order valence-electron chi connectivity index (χ4n) is 2.21. The third-order valence-electron chi connectivity index (χ3n) is 3.62. The zero-order valence-corrected chi connectivity index (χ0v) is 14.3. The molecular formula is C17H24N6O. The Bertz CT molecular complexity index is 707. The molecule has 0 saturated carbocycles. The maximum Gasteiger partial charge on any atom is 0.243 e. The maximum atomic E-state index is 12.0. The average Bonchev–Trinajstić information content (AvgIpc) is 3.00. The molecule has 1 aromatic heterocycles. The summed E-state index contributed by atoms with van der Waals surface area (Å²) in [7, 11) is 3.55. The molecular weight excluding hydrogens is 304 g/mol. The van der Waals surface area contributed by atoms with Crippen molar-refractivity contribution >= 4 is 17.6 Å². The number of guanidine groups is 1. The molecule has 7 heteroatoms. The Balaban J connectivity index is 1.79. The van der Waals surface area contributed by atoms with Crippen molar-refractivity contribution in [1.82, 2.24) is 20.4 Å². The van der Waals surface area contributed by atoms with Crippen LogP contribution in [-0.2, 0) is 24.8 Å². The number of anilines is 1. The van der Waals surface area contributed by atoms with Gasteiger partial charge in [0, 0.05) is 26.0 Å². The molecule has 0 aliphatic carbocycles. The van der Waals surface area contributed by atoms with E-state index < -0.39 is 0 Å². The van der Waals surface area contributed by atoms with Crippen molar-refractivity contribution in [3.8, 4) is 0 Å². The number of aliphatic imine (C=N–C) groups is 1. The Morgan fingerprint density at radius 2 is 2.12 bits per heavy atom. The largest absolute Gasteiger partial charge is 0.351 e. The number of benzene rings is 1. The van der Waals surface area contributed by atoms with Gasteiger partial charge in [0.25, 0.3) is 0 Å². The number of aryl methyl sites for hydroxylation is 2. The summed E-state index contributed by atoms with van der Waals surface area (Å²) in [5.41, 5.74) is 3.02. The van der Waals surface area contributed by atoms with Crippen LogP contribution in [0.5, 0.6) is 0 Å². The van der Waals surface area contributed by atoms with Crippen LogP contribution in [0, 0.1) is 0 Å². The van der Waals surface area contributed by atoms with Gasteiger partial charge in [-0.05, 0) is 30.2 Å². The first-order chi connectivity index (χ1) is 11.6. The predicted molar refractivity (Wildman–Crippen MR) is 95.9 cm³/mol. The van der Waals surface area contributed by atoms with Gasteiger partial charge in [0.15, 0.2) is 5.96 Å². The van der Waals surface area contributed by atoms with E-state index in [2.05, 4.69) is 33.0 Å². The monoisotopic (exact) mass is 328 g/mol. The quantitative estimate of drug-likeness (QED) is 0.551. The molecule has 0 radical (unpaired) electrons. The molecule has 0 aliphatic heterocycles. The van der Waals surface area contributed by atoms with E-state index in [1.54, 1.807) is 17.9 Å². The lowest BCUT2D eigenvalue weighted by molar-refractivity contribution is -0.115. The number of aromatic nitrogens is 2. The van der Waals surface area contributed by atoms with E-state index in [0.29, 0.717) is 12.5 Å². The lowest BCUT2D eigenvalue weighted by atomic mass is 10.1. The minimum absolute atomic E-state index is 0.119. The van der Waals surface area contributed by atoms with Gasteiger partial charge in [-0.15, -0.1) is 0 Å². The van der Waals surface area contributed by atoms with Gasteiger partial charge in [-0.1, -0.05) is 19.1 Å². The Morgan fingerprint density at radius 3 is 2.79 bits per heavy atom. The Hall–Kier alpha value is -2.83. The van der Waals surface area contributed by atoms with Gasteiger partial charge in [-0.25, -0.2) is 0 Å². The van der Waals surface area contributed by atoms with Gasteiger partial charge in [0.1, 0.15) is 0 Å². The number of rotatable bonds is 6. The van der Waals surface area contributed by atoms with Crippen molar-refractivity contribution in [2.45, 2.75) is 19.9 Å². The normalized spacial score (nSPS) is 11.2. The van der Waals surface area contributed by atoms with E-state index in [1.165, 1.54) is 5.56 Å². The molecule has 2 aromatic rings. The van der Waals surface area contributed by atoms with Crippen molar-refractivity contribution in [2.75, 3.05) is 18.9 Å². The summed E-state index contributed by atoms with van der Waals surface area (Å²) in [5, 5.41) is 13.1. The molecule has 3 N–H and O–H groups in total. The van der Waals surface area contributed by atoms with E-state index >= 15 is 0 Å². The molecule has 128 valence electrons. The Morgan fingerprint density at radius 1 is 1.29 bits per heavy atom. The van der Waals surface area contributed by atoms with Crippen LogP contribution in [0.15, 0.2) is 41.5 Å². The first kappa shape index (κ1) is 17.5. The molecule has 0 fully saturated rings. The molecule has 1 amide bonds. The molecule has 0 atom stereocenters. The summed E-state index contributed by atoms with van der Waals surface area (Å²) in [6.45, 7) is 2.80. The molecule has 1 heterocycles. The second-order valence-electron chi connectivity index (χ2n) is 5.33. The standard InChI is InChI=1S/C17H24N6O/c1-4-13-6-5-7-14(10-13)22-16(24)12-20-17(18-2)19-11-15-8-9-21-23(15)3/h5-10H,4,11-12H2,1-3H3,(H,22,24)(H2,18,19,20). The van der Waals surface area contributed by atoms with Crippen molar-refractivity contribution in [3.63, 3.8) is 0 Å². The highest BCUT2D eigenvalue weighted by molar-refractivity contribution is 5.95. The molecule has 24 heavy (non-hydrogen) atoms. The zero-order chi connectivity index (χ0) is 17.4. The van der Waals surface area contributed by atoms with Crippen molar-refractivity contribution in [1.29, 1.82) is 0 Å². The van der Waals surface area contributed by atoms with Crippen LogP contribution in [0.4, 0.5) is 5.69 Å². The molecule has 0 aliphatic rings. The first-order valence-electron chi connectivity index (χ1n) is 7.92. The van der Waals surface area contributed by atoms with Gasteiger partial charge in [-0.3, -0.25) is 14.5 Å². The predicted octanol–water partition coefficient (Wildman–Crippen LogP) is 1.29. The van der Waals surface area contributed by atoms with Gasteiger partial charge >= 0.3 is 0 Å². The maximum absolute atomic E-state index is 12.0. The number of amides is 1. The molecule has 7 nitrogen and oxygen atoms in total. The van der Waals surface area contributed by atoms with Crippen molar-refractivity contribution in [2.24, 2.45) is 12.0 Å². The molecule has 0 saturated heterocycles. The van der Waals surface area contributed by atoms with E-state index in [4.69, 9.17) is 0 Å². The molecule has 0 bridgehead atoms. The summed E-state index contributed by atoms with van der Waals surface area (Å²) in [6.07, 6.45) is 2.68. The summed E-state index contributed by atoms with van der Waals surface area (Å²) < 4.78 is 1.79. The number of hydrogen-bond donors (Lipinski definition) is 3. The zero-order valence-electron chi connectivity index (χ0n) is 14.3. The molecule has 1 aromatic carbocycles. The van der Waals surface area contributed by atoms with E-state index in [-0.39, 0.29) is 12.5 Å². The third kappa shape index (κ3) is 5.12. The van der Waals surface area contributed by atoms with E-state index in [1.807, 2.05) is 37.4 Å². The van der Waals surface area contributed by atoms with Gasteiger partial charge in [-0.2, -0.15) is 5.10 Å². The summed E-state index contributed by atoms with van der Waals surface area (Å²) in [4.78, 5) is 16.2. The number of carbonyl (C=O) groups excluding carboxylic acids is 1. The lowest BCUT2D eigenvalue weighted by Gasteiger charge is -2.12. The summed E-state index contributed by atoms with van der Waals surface area (Å²) in [5.74, 6) is 0.445. The Labute approximate surface area is 142 Å². The topological polar surface area (TPSA) is 83.3 Å². The number of nitrogens with zero attached hydrogens (tertiary/aromatic N) is 3. The van der Waals surface area contributed by atoms with Crippen LogP contribution in [0.1, 0.15) is 18.2 Å². The molecule has 2 rings (SSSR count). The lowest BCUT2D eigenvalue weighted by Crippen LogP contribution is -2.41. The van der Waals surface area contributed by atoms with Crippen LogP contribution in [0.25, 0.3) is 0 Å². The van der Waals surface area contributed by atoms with Crippen LogP contribution in [0.2, 0.25) is 0 Å². The van der Waals surface area contributed by atoms with Crippen LogP contribution >= 0.6 is 0 Å². The van der Waals surface area contributed by atoms with Crippen LogP contribution < -0.4 is 16.0 Å². The van der Waals surface area contributed by atoms with Gasteiger partial charge in [0.2, 0.25) is 5.91 Å². The second kappa shape index (κ2) is 8.71. The third-order valence-corrected chi connectivity index (χ3v) is 3.62. The minimum Gasteiger partial charge on any atom is -0.351 e. The van der Waals surface area contributed by atoms with Crippen LogP contribution in [0.3, 0.4) is 0 Å². The average molecular weight is 328 g/mol. The summed E-state index contributed by atoms with van der Waals surface area (Å²) >= 11 is 0. The fourth-order valence-corrected chi connectivity index (χ4v) is 2.21. The Kier molecular flexibility index (Phi) is 6.36. The van der Waals surface area contributed by atoms with Gasteiger partial charge < -0.3 is 16.0 Å².